The summed E-state index contributed by atoms with van der Waals surface area (Å²) in [5.74, 6) is 0. The van der Waals surface area contributed by atoms with E-state index in [4.69, 9.17) is 5.73 Å². The fourth-order valence-electron chi connectivity index (χ4n) is 3.95. The first-order chi connectivity index (χ1) is 9.11. The van der Waals surface area contributed by atoms with Gasteiger partial charge in [-0.15, -0.1) is 0 Å². The molecule has 1 unspecified atom stereocenters. The van der Waals surface area contributed by atoms with Crippen molar-refractivity contribution in [1.82, 2.24) is 14.7 Å². The van der Waals surface area contributed by atoms with Crippen molar-refractivity contribution in [3.63, 3.8) is 0 Å². The summed E-state index contributed by atoms with van der Waals surface area (Å²) in [5, 5.41) is 0. The molecule has 2 saturated heterocycles. The number of piperidine rings is 2. The van der Waals surface area contributed by atoms with Crippen molar-refractivity contribution >= 4 is 0 Å². The number of rotatable bonds is 4. The van der Waals surface area contributed by atoms with Crippen LogP contribution in [0, 0.1) is 0 Å². The Bertz CT molecular complexity index is 275. The maximum Gasteiger partial charge on any atom is 0.0458 e. The smallest absolute Gasteiger partial charge is 0.0458 e. The van der Waals surface area contributed by atoms with Crippen molar-refractivity contribution in [2.24, 2.45) is 5.73 Å². The third-order valence-electron chi connectivity index (χ3n) is 5.43. The first-order valence-corrected chi connectivity index (χ1v) is 7.95. The zero-order chi connectivity index (χ0) is 13.9. The normalized spacial score (nSPS) is 32.1. The molecule has 0 aliphatic carbocycles. The Morgan fingerprint density at radius 2 is 1.95 bits per heavy atom. The molecular formula is C15H32N4. The molecule has 0 radical (unpaired) electrons. The Morgan fingerprint density at radius 3 is 2.47 bits per heavy atom. The lowest BCUT2D eigenvalue weighted by molar-refractivity contribution is -0.00442. The summed E-state index contributed by atoms with van der Waals surface area (Å²) in [4.78, 5) is 7.65. The largest absolute Gasteiger partial charge is 0.329 e. The van der Waals surface area contributed by atoms with Crippen molar-refractivity contribution in [3.8, 4) is 0 Å². The monoisotopic (exact) mass is 268 g/mol. The van der Waals surface area contributed by atoms with Crippen molar-refractivity contribution < 1.29 is 0 Å². The molecule has 4 nitrogen and oxygen atoms in total. The molecule has 0 aromatic carbocycles. The van der Waals surface area contributed by atoms with Crippen LogP contribution in [0.3, 0.4) is 0 Å². The van der Waals surface area contributed by atoms with Gasteiger partial charge in [0.1, 0.15) is 0 Å². The standard InChI is InChI=1S/C15H32N4/c1-4-19-10-6-14(7-11-19)18(3)15(12-16)8-5-9-17(2)13-15/h14H,4-13,16H2,1-3H3. The average Bonchev–Trinajstić information content (AvgIpc) is 2.46. The quantitative estimate of drug-likeness (QED) is 0.819. The highest BCUT2D eigenvalue weighted by molar-refractivity contribution is 4.98. The molecule has 2 rings (SSSR count). The van der Waals surface area contributed by atoms with Crippen molar-refractivity contribution in [1.29, 1.82) is 0 Å². The van der Waals surface area contributed by atoms with Crippen LogP contribution in [0.2, 0.25) is 0 Å². The number of nitrogens with zero attached hydrogens (tertiary/aromatic N) is 3. The Morgan fingerprint density at radius 1 is 1.26 bits per heavy atom. The minimum atomic E-state index is 0.214. The van der Waals surface area contributed by atoms with Gasteiger partial charge in [-0.2, -0.15) is 0 Å². The van der Waals surface area contributed by atoms with Crippen LogP contribution in [0.4, 0.5) is 0 Å². The van der Waals surface area contributed by atoms with E-state index in [0.29, 0.717) is 0 Å². The second-order valence-electron chi connectivity index (χ2n) is 6.55. The summed E-state index contributed by atoms with van der Waals surface area (Å²) in [5.41, 5.74) is 6.40. The topological polar surface area (TPSA) is 35.7 Å². The zero-order valence-electron chi connectivity index (χ0n) is 13.1. The second-order valence-corrected chi connectivity index (χ2v) is 6.55. The average molecular weight is 268 g/mol. The SMILES string of the molecule is CCN1CCC(N(C)C2(CN)CCCN(C)C2)CC1. The predicted octanol–water partition coefficient (Wildman–Crippen LogP) is 0.826. The summed E-state index contributed by atoms with van der Waals surface area (Å²) in [7, 11) is 4.55. The fourth-order valence-corrected chi connectivity index (χ4v) is 3.95. The summed E-state index contributed by atoms with van der Waals surface area (Å²) in [6.07, 6.45) is 5.15. The highest BCUT2D eigenvalue weighted by Gasteiger charge is 2.40. The van der Waals surface area contributed by atoms with Crippen LogP contribution in [0.5, 0.6) is 0 Å². The van der Waals surface area contributed by atoms with Crippen LogP contribution in [0.25, 0.3) is 0 Å². The molecule has 2 heterocycles. The van der Waals surface area contributed by atoms with Gasteiger partial charge in [-0.1, -0.05) is 6.92 Å². The Hall–Kier alpha value is -0.160. The lowest BCUT2D eigenvalue weighted by Gasteiger charge is -2.51. The molecule has 2 aliphatic heterocycles. The van der Waals surface area contributed by atoms with Gasteiger partial charge in [-0.25, -0.2) is 0 Å². The molecule has 2 fully saturated rings. The minimum absolute atomic E-state index is 0.214. The van der Waals surface area contributed by atoms with Gasteiger partial charge in [-0.05, 0) is 66.0 Å². The predicted molar refractivity (Wildman–Crippen MR) is 81.4 cm³/mol. The van der Waals surface area contributed by atoms with E-state index in [1.54, 1.807) is 0 Å². The summed E-state index contributed by atoms with van der Waals surface area (Å²) in [6, 6.07) is 0.720. The van der Waals surface area contributed by atoms with Gasteiger partial charge < -0.3 is 15.5 Å². The number of likely N-dealkylation sites (N-methyl/N-ethyl adjacent to an activating group) is 2. The van der Waals surface area contributed by atoms with Crippen LogP contribution >= 0.6 is 0 Å². The molecule has 4 heteroatoms. The minimum Gasteiger partial charge on any atom is -0.329 e. The lowest BCUT2D eigenvalue weighted by Crippen LogP contribution is -2.64. The highest BCUT2D eigenvalue weighted by atomic mass is 15.3. The van der Waals surface area contributed by atoms with Crippen molar-refractivity contribution in [2.75, 3.05) is 53.4 Å². The second kappa shape index (κ2) is 6.53. The van der Waals surface area contributed by atoms with Gasteiger partial charge >= 0.3 is 0 Å². The van der Waals surface area contributed by atoms with E-state index < -0.39 is 0 Å². The first kappa shape index (κ1) is 15.2. The van der Waals surface area contributed by atoms with Crippen LogP contribution in [-0.4, -0.2) is 79.6 Å². The molecular weight excluding hydrogens is 236 g/mol. The number of hydrogen-bond acceptors (Lipinski definition) is 4. The number of hydrogen-bond donors (Lipinski definition) is 1. The zero-order valence-corrected chi connectivity index (χ0v) is 13.1. The highest BCUT2D eigenvalue weighted by Crippen LogP contribution is 2.30. The molecule has 1 atom stereocenters. The maximum absolute atomic E-state index is 6.18. The van der Waals surface area contributed by atoms with Gasteiger partial charge in [0.2, 0.25) is 0 Å². The van der Waals surface area contributed by atoms with Crippen molar-refractivity contribution in [3.05, 3.63) is 0 Å². The molecule has 0 amide bonds. The van der Waals surface area contributed by atoms with E-state index in [2.05, 4.69) is 35.7 Å². The van der Waals surface area contributed by atoms with E-state index in [9.17, 15) is 0 Å². The third kappa shape index (κ3) is 3.30. The van der Waals surface area contributed by atoms with Gasteiger partial charge in [0.25, 0.3) is 0 Å². The van der Waals surface area contributed by atoms with Crippen molar-refractivity contribution in [2.45, 2.75) is 44.2 Å². The molecule has 0 bridgehead atoms. The van der Waals surface area contributed by atoms with Gasteiger partial charge in [-0.3, -0.25) is 4.90 Å². The Balaban J connectivity index is 1.98. The Kier molecular flexibility index (Phi) is 5.23. The Labute approximate surface area is 118 Å². The summed E-state index contributed by atoms with van der Waals surface area (Å²) < 4.78 is 0. The molecule has 0 aromatic heterocycles. The maximum atomic E-state index is 6.18. The van der Waals surface area contributed by atoms with Gasteiger partial charge in [0.05, 0.1) is 0 Å². The number of likely N-dealkylation sites (tertiary alicyclic amines) is 2. The molecule has 2 N–H and O–H groups in total. The van der Waals surface area contributed by atoms with Crippen LogP contribution < -0.4 is 5.73 Å². The third-order valence-corrected chi connectivity index (χ3v) is 5.43. The molecule has 0 spiro atoms. The van der Waals surface area contributed by atoms with E-state index in [1.807, 2.05) is 0 Å². The van der Waals surface area contributed by atoms with E-state index in [0.717, 1.165) is 19.1 Å². The van der Waals surface area contributed by atoms with Crippen LogP contribution in [-0.2, 0) is 0 Å². The van der Waals surface area contributed by atoms with Gasteiger partial charge in [0.15, 0.2) is 0 Å². The van der Waals surface area contributed by atoms with Crippen LogP contribution in [0.15, 0.2) is 0 Å². The first-order valence-electron chi connectivity index (χ1n) is 7.95. The van der Waals surface area contributed by atoms with Crippen LogP contribution in [0.1, 0.15) is 32.6 Å². The molecule has 112 valence electrons. The molecule has 19 heavy (non-hydrogen) atoms. The molecule has 0 saturated carbocycles. The molecule has 2 aliphatic rings. The number of nitrogens with two attached hydrogens (primary N) is 1. The fraction of sp³-hybridized carbons (Fsp3) is 1.00. The van der Waals surface area contributed by atoms with Gasteiger partial charge in [0, 0.05) is 24.7 Å². The summed E-state index contributed by atoms with van der Waals surface area (Å²) in [6.45, 7) is 9.12. The summed E-state index contributed by atoms with van der Waals surface area (Å²) >= 11 is 0. The molecule has 0 aromatic rings. The lowest BCUT2D eigenvalue weighted by atomic mass is 9.85. The van der Waals surface area contributed by atoms with E-state index in [-0.39, 0.29) is 5.54 Å². The van der Waals surface area contributed by atoms with E-state index >= 15 is 0 Å². The van der Waals surface area contributed by atoms with E-state index in [1.165, 1.54) is 51.9 Å².